The molecule has 0 radical (unpaired) electrons. The molecule has 0 aliphatic carbocycles. The molecule has 830 valence electrons. The van der Waals surface area contributed by atoms with E-state index >= 15 is 4.79 Å². The quantitative estimate of drug-likeness (QED) is 0.00689. The number of hydrogen-bond acceptors (Lipinski definition) is 32. The minimum Gasteiger partial charge on any atom is -0.497 e. The number of carbonyl (C=O) groups is 15. The molecular weight excluding hydrogens is 1980 g/mol. The summed E-state index contributed by atoms with van der Waals surface area (Å²) in [7, 11) is 4.89. The van der Waals surface area contributed by atoms with Crippen LogP contribution in [0.4, 0.5) is 0 Å². The molecule has 0 bridgehead atoms. The Kier molecular flexibility index (Phi) is 60.0. The molecule has 0 saturated carbocycles. The first kappa shape index (κ1) is 127. The lowest BCUT2D eigenvalue weighted by Gasteiger charge is -2.44. The second-order valence-electron chi connectivity index (χ2n) is 37.9. The van der Waals surface area contributed by atoms with Crippen molar-refractivity contribution in [2.24, 2.45) is 17.8 Å². The highest BCUT2D eigenvalue weighted by molar-refractivity contribution is 8.38. The van der Waals surface area contributed by atoms with Crippen LogP contribution < -0.4 is 40.8 Å². The third-order valence-electron chi connectivity index (χ3n) is 25.8. The largest absolute Gasteiger partial charge is 0.497 e. The van der Waals surface area contributed by atoms with E-state index in [-0.39, 0.29) is 133 Å². The molecule has 3 aliphatic heterocycles. The fourth-order valence-corrected chi connectivity index (χ4v) is 19.4. The normalized spacial score (nSPS) is 20.9. The zero-order chi connectivity index (χ0) is 108. The number of esters is 7. The number of unbranched alkanes of at least 4 members (excludes halogenated alkanes) is 18. The Morgan fingerprint density at radius 3 is 1.07 bits per heavy atom. The van der Waals surface area contributed by atoms with E-state index in [1.54, 1.807) is 62.1 Å². The maximum atomic E-state index is 16.0. The summed E-state index contributed by atoms with van der Waals surface area (Å²) in [4.78, 5) is 198. The molecule has 3 heterocycles. The number of amides is 8. The highest BCUT2D eigenvalue weighted by Crippen LogP contribution is 2.43. The van der Waals surface area contributed by atoms with E-state index in [2.05, 4.69) is 39.3 Å². The lowest BCUT2D eigenvalue weighted by Crippen LogP contribution is -2.62. The van der Waals surface area contributed by atoms with Gasteiger partial charge in [0.1, 0.15) is 73.5 Å². The van der Waals surface area contributed by atoms with E-state index in [9.17, 15) is 67.1 Å². The molecule has 42 heteroatoms. The number of rotatable bonds is 71. The van der Waals surface area contributed by atoms with E-state index < -0.39 is 179 Å². The van der Waals surface area contributed by atoms with Gasteiger partial charge in [0.25, 0.3) is 5.91 Å². The minimum atomic E-state index is -1.66. The molecular formula is C106H163N8O31PS2. The summed E-state index contributed by atoms with van der Waals surface area (Å²) in [6.45, 7) is 17.8. The Morgan fingerprint density at radius 2 is 0.723 bits per heavy atom. The fourth-order valence-electron chi connectivity index (χ4n) is 18.3. The van der Waals surface area contributed by atoms with Gasteiger partial charge in [-0.3, -0.25) is 71.9 Å². The standard InChI is InChI=1S/C106H163N8O31PS2/c1-70-96(109-73(4)115)103(143-87(66-135-76(7)118)99(70)139-79(10)121)132-63-36-27-21-15-18-24-33-44-91(124)107-57-39-59-113(94(127)46-35-26-20-17-23-29-38-65-134-105-98(111-75(6)117)72(3)101(141-81(12)123)89(145-105)68-137-78(9)120)61-41-62-114(60-40-58-108-92(125)45-34-25-19-16-22-28-37-64-133-104-97(110-74(5)116)71(2)100(140-80(11)122)88(144-104)67-136-77(8)119)102(129)90(142-95(128)56-55-93(126)112-148(146)147)69-138-106(82-42-31-30-32-43-82,83-47-51-85(130-13)52-48-83)84-49-53-86(131-14)54-50-84/h30-32,42-43,47-54,70-72,87-90,96-101,103-105,146,148H,15-29,33-41,44-46,55-69H2,1-14H3,(H,107,124)(H,108,125)(H,109,115)(H,110,116)(H,111,117)(H,112,126,147)/t70-,71-,72-,87?,88?,89?,90?,96?,97?,98?,99-,100-,101-,103-,104-,105-/m1/s1. The molecule has 3 aromatic carbocycles. The van der Waals surface area contributed by atoms with Crippen molar-refractivity contribution in [3.05, 3.63) is 95.6 Å². The second-order valence-corrected chi connectivity index (χ2v) is 42.1. The van der Waals surface area contributed by atoms with Crippen molar-refractivity contribution >= 4 is 117 Å². The molecule has 3 aromatic rings. The van der Waals surface area contributed by atoms with Crippen LogP contribution in [0.25, 0.3) is 0 Å². The average Bonchev–Trinajstić information content (AvgIpc) is 0.748. The van der Waals surface area contributed by atoms with Crippen molar-refractivity contribution in [1.82, 2.24) is 41.1 Å². The topological polar surface area (TPSA) is 482 Å². The van der Waals surface area contributed by atoms with E-state index in [0.29, 0.717) is 92.8 Å². The second kappa shape index (κ2) is 70.1. The molecule has 0 spiro atoms. The van der Waals surface area contributed by atoms with E-state index in [1.165, 1.54) is 62.3 Å². The molecule has 0 aromatic heterocycles. The molecule has 17 atom stereocenters. The highest BCUT2D eigenvalue weighted by atomic mass is 32.9. The van der Waals surface area contributed by atoms with Crippen molar-refractivity contribution in [1.29, 1.82) is 0 Å². The Bertz CT molecular complexity index is 4620. The predicted molar refractivity (Wildman–Crippen MR) is 555 cm³/mol. The van der Waals surface area contributed by atoms with Crippen molar-refractivity contribution in [3.8, 4) is 11.5 Å². The van der Waals surface area contributed by atoms with Crippen LogP contribution in [-0.2, 0) is 164 Å². The van der Waals surface area contributed by atoms with Crippen LogP contribution in [0.5, 0.6) is 11.5 Å². The van der Waals surface area contributed by atoms with Crippen LogP contribution in [0.15, 0.2) is 78.9 Å². The number of carbonyl (C=O) groups excluding carboxylic acids is 15. The highest BCUT2D eigenvalue weighted by Gasteiger charge is 2.51. The van der Waals surface area contributed by atoms with E-state index in [1.807, 2.05) is 61.5 Å². The summed E-state index contributed by atoms with van der Waals surface area (Å²) in [5.41, 5.74) is 0.365. The zero-order valence-corrected chi connectivity index (χ0v) is 91.6. The first-order valence-corrected chi connectivity index (χ1v) is 55.8. The van der Waals surface area contributed by atoms with Gasteiger partial charge in [-0.05, 0) is 110 Å². The van der Waals surface area contributed by atoms with Gasteiger partial charge in [-0.1, -0.05) is 189 Å². The third-order valence-corrected chi connectivity index (χ3v) is 26.9. The fraction of sp³-hybridized carbons (Fsp3) is 0.689. The van der Waals surface area contributed by atoms with Gasteiger partial charge < -0.3 is 117 Å². The van der Waals surface area contributed by atoms with Gasteiger partial charge in [-0.2, -0.15) is 0 Å². The van der Waals surface area contributed by atoms with Crippen molar-refractivity contribution in [3.63, 3.8) is 0 Å². The van der Waals surface area contributed by atoms with E-state index in [4.69, 9.17) is 87.0 Å². The Balaban J connectivity index is 1.16. The van der Waals surface area contributed by atoms with Crippen molar-refractivity contribution in [2.45, 2.75) is 355 Å². The lowest BCUT2D eigenvalue weighted by molar-refractivity contribution is -0.262. The Labute approximate surface area is 880 Å². The van der Waals surface area contributed by atoms with Crippen LogP contribution in [-0.4, -0.2) is 278 Å². The van der Waals surface area contributed by atoms with Gasteiger partial charge in [-0.25, -0.2) is 0 Å². The Hall–Kier alpha value is -10.1. The number of ether oxygens (including phenoxy) is 16. The molecule has 8 amide bonds. The van der Waals surface area contributed by atoms with Crippen molar-refractivity contribution < 1.29 is 148 Å². The van der Waals surface area contributed by atoms with Gasteiger partial charge in [-0.15, -0.1) is 0 Å². The lowest BCUT2D eigenvalue weighted by atomic mass is 9.80. The smallest absolute Gasteiger partial charge is 0.307 e. The molecule has 8 unspecified atom stereocenters. The summed E-state index contributed by atoms with van der Waals surface area (Å²) < 4.78 is 97.1. The molecule has 3 aliphatic rings. The maximum Gasteiger partial charge on any atom is 0.307 e. The zero-order valence-electron chi connectivity index (χ0n) is 88.8. The number of nitrogens with zero attached hydrogens (tertiary/aromatic N) is 2. The number of thiol groups is 1. The van der Waals surface area contributed by atoms with Crippen LogP contribution in [0.1, 0.15) is 286 Å². The van der Waals surface area contributed by atoms with Crippen LogP contribution >= 0.6 is 8.02 Å². The molecule has 148 heavy (non-hydrogen) atoms. The summed E-state index contributed by atoms with van der Waals surface area (Å²) in [6.07, 6.45) is 7.93. The van der Waals surface area contributed by atoms with Crippen molar-refractivity contribution in [2.75, 3.05) is 99.7 Å². The van der Waals surface area contributed by atoms with Gasteiger partial charge in [0.2, 0.25) is 47.5 Å². The van der Waals surface area contributed by atoms with E-state index in [0.717, 1.165) is 96.3 Å². The summed E-state index contributed by atoms with van der Waals surface area (Å²) in [6, 6.07) is 21.9. The van der Waals surface area contributed by atoms with Gasteiger partial charge >= 0.3 is 41.8 Å². The summed E-state index contributed by atoms with van der Waals surface area (Å²) in [5.74, 6) is -7.03. The third kappa shape index (κ3) is 47.2. The van der Waals surface area contributed by atoms with Crippen LogP contribution in [0.2, 0.25) is 0 Å². The van der Waals surface area contributed by atoms with Gasteiger partial charge in [0, 0.05) is 165 Å². The molecule has 6 N–H and O–H groups in total. The minimum absolute atomic E-state index is 0.0202. The van der Waals surface area contributed by atoms with Gasteiger partial charge in [0.15, 0.2) is 18.9 Å². The maximum absolute atomic E-state index is 16.0. The number of benzene rings is 3. The monoisotopic (exact) mass is 2140 g/mol. The molecule has 39 nitrogen and oxygen atoms in total. The summed E-state index contributed by atoms with van der Waals surface area (Å²) in [5, 5.41) is 14.7. The molecule has 6 rings (SSSR count). The molecule has 3 fully saturated rings. The van der Waals surface area contributed by atoms with Crippen LogP contribution in [0, 0.1) is 17.8 Å². The average molecular weight is 2140 g/mol. The van der Waals surface area contributed by atoms with Crippen LogP contribution in [0.3, 0.4) is 0 Å². The Morgan fingerprint density at radius 1 is 0.392 bits per heavy atom. The number of hydrogen-bond donors (Lipinski definition) is 7. The molecule has 3 saturated heterocycles. The van der Waals surface area contributed by atoms with Gasteiger partial charge in [0.05, 0.1) is 45.4 Å². The predicted octanol–water partition coefficient (Wildman–Crippen LogP) is 11.2. The first-order chi connectivity index (χ1) is 70.8. The SMILES string of the molecule is COc1ccc(C(OCC(OC(=O)CCC(=O)N[SH](=P)=S)C(=O)N(CCCNC(=O)CCCCCCCCCO[C@@H]2OC(COC(C)=O)[C@H](OC(C)=O)[C@H](C)C2NC(C)=O)CCCN(CCCNC(=O)CCCCCCCCCO[C@@H]2OC(COC(C)=O)[C@H](OC(C)=O)[C@H](C)C2NC(C)=O)C(=O)CCCCCCCCCO[C@@H]2OC(COC(C)=O)[C@H](OC(C)=O)[C@H](C)C2NC(C)=O)(c2ccccc2)c2ccc(OC)cc2)cc1. The summed E-state index contributed by atoms with van der Waals surface area (Å²) >= 11 is 5.20. The first-order valence-electron chi connectivity index (χ1n) is 52.1. The number of nitrogens with one attached hydrogen (secondary N) is 6. The number of methoxy groups -OCH3 is 2.